The molecule has 0 fully saturated rings. The van der Waals surface area contributed by atoms with E-state index >= 15 is 0 Å². The summed E-state index contributed by atoms with van der Waals surface area (Å²) >= 11 is 3.18. The maximum absolute atomic E-state index is 12.0. The van der Waals surface area contributed by atoms with Gasteiger partial charge in [0.05, 0.1) is 12.4 Å². The SMILES string of the molecule is CCNc1ccnc(C(=O)Nc2cnc(Br)cn2)c1. The number of amides is 1. The molecule has 0 aliphatic carbocycles. The van der Waals surface area contributed by atoms with Crippen molar-refractivity contribution in [2.24, 2.45) is 0 Å². The van der Waals surface area contributed by atoms with Crippen molar-refractivity contribution in [3.8, 4) is 0 Å². The predicted octanol–water partition coefficient (Wildman–Crippen LogP) is 2.32. The quantitative estimate of drug-likeness (QED) is 0.903. The smallest absolute Gasteiger partial charge is 0.275 e. The number of carbonyl (C=O) groups is 1. The Morgan fingerprint density at radius 3 is 2.84 bits per heavy atom. The molecular formula is C12H12BrN5O. The van der Waals surface area contributed by atoms with Crippen LogP contribution < -0.4 is 10.6 Å². The average molecular weight is 322 g/mol. The highest BCUT2D eigenvalue weighted by Gasteiger charge is 2.09. The van der Waals surface area contributed by atoms with Gasteiger partial charge in [-0.25, -0.2) is 9.97 Å². The summed E-state index contributed by atoms with van der Waals surface area (Å²) in [5, 5.41) is 5.75. The summed E-state index contributed by atoms with van der Waals surface area (Å²) in [7, 11) is 0. The van der Waals surface area contributed by atoms with Crippen molar-refractivity contribution in [2.75, 3.05) is 17.2 Å². The van der Waals surface area contributed by atoms with E-state index in [0.29, 0.717) is 16.1 Å². The van der Waals surface area contributed by atoms with Crippen molar-refractivity contribution in [1.29, 1.82) is 0 Å². The number of carbonyl (C=O) groups excluding carboxylic acids is 1. The Hall–Kier alpha value is -2.02. The molecule has 2 aromatic rings. The van der Waals surface area contributed by atoms with Gasteiger partial charge in [0, 0.05) is 18.4 Å². The third-order valence-electron chi connectivity index (χ3n) is 2.24. The number of aromatic nitrogens is 3. The fourth-order valence-corrected chi connectivity index (χ4v) is 1.63. The summed E-state index contributed by atoms with van der Waals surface area (Å²) in [4.78, 5) is 24.0. The molecule has 19 heavy (non-hydrogen) atoms. The molecular weight excluding hydrogens is 310 g/mol. The lowest BCUT2D eigenvalue weighted by molar-refractivity contribution is 0.102. The summed E-state index contributed by atoms with van der Waals surface area (Å²) in [6.45, 7) is 2.76. The van der Waals surface area contributed by atoms with Crippen LogP contribution in [-0.2, 0) is 0 Å². The van der Waals surface area contributed by atoms with Crippen LogP contribution >= 0.6 is 15.9 Å². The average Bonchev–Trinajstić information content (AvgIpc) is 2.42. The number of nitrogens with zero attached hydrogens (tertiary/aromatic N) is 3. The lowest BCUT2D eigenvalue weighted by atomic mass is 10.3. The minimum Gasteiger partial charge on any atom is -0.385 e. The normalized spacial score (nSPS) is 10.0. The number of pyridine rings is 1. The van der Waals surface area contributed by atoms with Crippen LogP contribution in [0.5, 0.6) is 0 Å². The van der Waals surface area contributed by atoms with E-state index in [0.717, 1.165) is 12.2 Å². The largest absolute Gasteiger partial charge is 0.385 e. The van der Waals surface area contributed by atoms with Crippen molar-refractivity contribution in [3.63, 3.8) is 0 Å². The first-order valence-corrected chi connectivity index (χ1v) is 6.47. The van der Waals surface area contributed by atoms with E-state index in [4.69, 9.17) is 0 Å². The van der Waals surface area contributed by atoms with E-state index in [1.54, 1.807) is 18.3 Å². The fraction of sp³-hybridized carbons (Fsp3) is 0.167. The summed E-state index contributed by atoms with van der Waals surface area (Å²) in [5.41, 5.74) is 1.17. The first-order valence-electron chi connectivity index (χ1n) is 5.68. The van der Waals surface area contributed by atoms with Crippen LogP contribution in [0.3, 0.4) is 0 Å². The monoisotopic (exact) mass is 321 g/mol. The summed E-state index contributed by atoms with van der Waals surface area (Å²) in [6, 6.07) is 3.49. The standard InChI is InChI=1S/C12H12BrN5O/c1-2-14-8-3-4-15-9(5-8)12(19)18-11-7-16-10(13)6-17-11/h3-7H,2H2,1H3,(H,14,15)(H,17,18,19). The van der Waals surface area contributed by atoms with Crippen LogP contribution in [0.4, 0.5) is 11.5 Å². The zero-order valence-corrected chi connectivity index (χ0v) is 11.8. The molecule has 0 saturated carbocycles. The Morgan fingerprint density at radius 2 is 2.16 bits per heavy atom. The molecule has 0 spiro atoms. The number of anilines is 2. The van der Waals surface area contributed by atoms with E-state index in [2.05, 4.69) is 41.5 Å². The molecule has 98 valence electrons. The van der Waals surface area contributed by atoms with Gasteiger partial charge in [-0.05, 0) is 35.0 Å². The van der Waals surface area contributed by atoms with Crippen LogP contribution in [0.25, 0.3) is 0 Å². The van der Waals surface area contributed by atoms with Gasteiger partial charge in [-0.2, -0.15) is 0 Å². The molecule has 7 heteroatoms. The maximum atomic E-state index is 12.0. The predicted molar refractivity (Wildman–Crippen MR) is 76.1 cm³/mol. The van der Waals surface area contributed by atoms with Crippen molar-refractivity contribution in [1.82, 2.24) is 15.0 Å². The molecule has 0 aromatic carbocycles. The lowest BCUT2D eigenvalue weighted by Gasteiger charge is -2.06. The number of hydrogen-bond acceptors (Lipinski definition) is 5. The summed E-state index contributed by atoms with van der Waals surface area (Å²) in [5.74, 6) is 0.0558. The highest BCUT2D eigenvalue weighted by molar-refractivity contribution is 9.10. The molecule has 0 aliphatic rings. The molecule has 6 nitrogen and oxygen atoms in total. The first kappa shape index (κ1) is 13.4. The van der Waals surface area contributed by atoms with Gasteiger partial charge < -0.3 is 10.6 Å². The fourth-order valence-electron chi connectivity index (χ4n) is 1.43. The van der Waals surface area contributed by atoms with Crippen LogP contribution in [-0.4, -0.2) is 27.4 Å². The second-order valence-electron chi connectivity index (χ2n) is 3.64. The molecule has 0 atom stereocenters. The van der Waals surface area contributed by atoms with E-state index in [1.807, 2.05) is 6.92 Å². The van der Waals surface area contributed by atoms with Crippen LogP contribution in [0.15, 0.2) is 35.3 Å². The Labute approximate surface area is 118 Å². The molecule has 0 radical (unpaired) electrons. The minimum absolute atomic E-state index is 0.322. The minimum atomic E-state index is -0.323. The van der Waals surface area contributed by atoms with Crippen molar-refractivity contribution < 1.29 is 4.79 Å². The Morgan fingerprint density at radius 1 is 1.32 bits per heavy atom. The first-order chi connectivity index (χ1) is 9.19. The van der Waals surface area contributed by atoms with Gasteiger partial charge in [0.25, 0.3) is 5.91 Å². The van der Waals surface area contributed by atoms with Gasteiger partial charge in [0.15, 0.2) is 5.82 Å². The molecule has 2 N–H and O–H groups in total. The van der Waals surface area contributed by atoms with Gasteiger partial charge in [-0.1, -0.05) is 0 Å². The van der Waals surface area contributed by atoms with E-state index in [9.17, 15) is 4.79 Å². The molecule has 0 bridgehead atoms. The van der Waals surface area contributed by atoms with Crippen molar-refractivity contribution >= 4 is 33.3 Å². The second kappa shape index (κ2) is 6.24. The third-order valence-corrected chi connectivity index (χ3v) is 2.64. The maximum Gasteiger partial charge on any atom is 0.275 e. The van der Waals surface area contributed by atoms with Crippen LogP contribution in [0, 0.1) is 0 Å². The van der Waals surface area contributed by atoms with Gasteiger partial charge >= 0.3 is 0 Å². The molecule has 0 aliphatic heterocycles. The molecule has 0 unspecified atom stereocenters. The number of nitrogens with one attached hydrogen (secondary N) is 2. The Kier molecular flexibility index (Phi) is 4.40. The second-order valence-corrected chi connectivity index (χ2v) is 4.45. The highest BCUT2D eigenvalue weighted by Crippen LogP contribution is 2.10. The van der Waals surface area contributed by atoms with E-state index in [1.165, 1.54) is 12.4 Å². The molecule has 2 heterocycles. The van der Waals surface area contributed by atoms with Crippen molar-refractivity contribution in [2.45, 2.75) is 6.92 Å². The molecule has 2 rings (SSSR count). The van der Waals surface area contributed by atoms with E-state index in [-0.39, 0.29) is 5.91 Å². The van der Waals surface area contributed by atoms with Gasteiger partial charge in [0.1, 0.15) is 10.3 Å². The van der Waals surface area contributed by atoms with Gasteiger partial charge in [0.2, 0.25) is 0 Å². The molecule has 2 aromatic heterocycles. The van der Waals surface area contributed by atoms with E-state index < -0.39 is 0 Å². The number of hydrogen-bond donors (Lipinski definition) is 2. The Bertz CT molecular complexity index is 573. The Balaban J connectivity index is 2.11. The van der Waals surface area contributed by atoms with Crippen LogP contribution in [0.1, 0.15) is 17.4 Å². The van der Waals surface area contributed by atoms with Gasteiger partial charge in [-0.15, -0.1) is 0 Å². The van der Waals surface area contributed by atoms with Crippen LogP contribution in [0.2, 0.25) is 0 Å². The summed E-state index contributed by atoms with van der Waals surface area (Å²) < 4.78 is 0.609. The molecule has 1 amide bonds. The third kappa shape index (κ3) is 3.72. The zero-order valence-electron chi connectivity index (χ0n) is 10.2. The van der Waals surface area contributed by atoms with Gasteiger partial charge in [-0.3, -0.25) is 9.78 Å². The lowest BCUT2D eigenvalue weighted by Crippen LogP contribution is -2.15. The van der Waals surface area contributed by atoms with Crippen molar-refractivity contribution in [3.05, 3.63) is 41.0 Å². The molecule has 0 saturated heterocycles. The highest BCUT2D eigenvalue weighted by atomic mass is 79.9. The number of halogens is 1. The zero-order chi connectivity index (χ0) is 13.7. The number of rotatable bonds is 4. The summed E-state index contributed by atoms with van der Waals surface area (Å²) in [6.07, 6.45) is 4.56. The topological polar surface area (TPSA) is 79.8 Å².